The molecule has 1 amide bonds. The van der Waals surface area contributed by atoms with Crippen LogP contribution in [0.1, 0.15) is 56.3 Å². The molecule has 0 saturated carbocycles. The van der Waals surface area contributed by atoms with E-state index in [4.69, 9.17) is 9.47 Å². The third-order valence-corrected chi connectivity index (χ3v) is 4.56. The molecule has 0 aliphatic carbocycles. The van der Waals surface area contributed by atoms with Crippen molar-refractivity contribution in [1.29, 1.82) is 0 Å². The molecule has 4 nitrogen and oxygen atoms in total. The highest BCUT2D eigenvalue weighted by atomic mass is 19.1. The van der Waals surface area contributed by atoms with Gasteiger partial charge in [0, 0.05) is 0 Å². The maximum absolute atomic E-state index is 13.0. The lowest BCUT2D eigenvalue weighted by atomic mass is 9.93. The van der Waals surface area contributed by atoms with Gasteiger partial charge in [-0.2, -0.15) is 0 Å². The van der Waals surface area contributed by atoms with Crippen LogP contribution in [0.25, 0.3) is 0 Å². The van der Waals surface area contributed by atoms with Crippen LogP contribution in [0.3, 0.4) is 0 Å². The molecule has 27 heavy (non-hydrogen) atoms. The van der Waals surface area contributed by atoms with E-state index in [1.807, 2.05) is 19.9 Å². The number of carbonyl (C=O) groups excluding carboxylic acids is 1. The molecular formula is C22H28FNO3. The van der Waals surface area contributed by atoms with Crippen LogP contribution in [0.15, 0.2) is 36.4 Å². The third kappa shape index (κ3) is 5.22. The smallest absolute Gasteiger partial charge is 0.261 e. The summed E-state index contributed by atoms with van der Waals surface area (Å²) in [5.41, 5.74) is 3.20. The first kappa shape index (κ1) is 20.7. The van der Waals surface area contributed by atoms with Crippen molar-refractivity contribution in [3.8, 4) is 11.5 Å². The number of hydrogen-bond donors (Lipinski definition) is 1. The lowest BCUT2D eigenvalue weighted by molar-refractivity contribution is -0.127. The molecule has 0 saturated heterocycles. The molecule has 5 heteroatoms. The maximum Gasteiger partial charge on any atom is 0.261 e. The van der Waals surface area contributed by atoms with Gasteiger partial charge < -0.3 is 14.8 Å². The van der Waals surface area contributed by atoms with E-state index in [1.165, 1.54) is 24.3 Å². The molecule has 0 aliphatic rings. The molecule has 0 fully saturated rings. The molecule has 146 valence electrons. The zero-order valence-electron chi connectivity index (χ0n) is 16.8. The van der Waals surface area contributed by atoms with E-state index in [0.717, 1.165) is 22.4 Å². The zero-order valence-corrected chi connectivity index (χ0v) is 16.8. The summed E-state index contributed by atoms with van der Waals surface area (Å²) in [5.74, 6) is 1.05. The van der Waals surface area contributed by atoms with Gasteiger partial charge in [-0.25, -0.2) is 4.39 Å². The number of hydrogen-bond acceptors (Lipinski definition) is 3. The average Bonchev–Trinajstić information content (AvgIpc) is 2.62. The van der Waals surface area contributed by atoms with Crippen molar-refractivity contribution in [2.45, 2.75) is 52.7 Å². The van der Waals surface area contributed by atoms with Gasteiger partial charge in [-0.15, -0.1) is 0 Å². The Kier molecular flexibility index (Phi) is 6.83. The summed E-state index contributed by atoms with van der Waals surface area (Å²) in [4.78, 5) is 12.5. The predicted molar refractivity (Wildman–Crippen MR) is 105 cm³/mol. The van der Waals surface area contributed by atoms with Crippen molar-refractivity contribution in [1.82, 2.24) is 5.32 Å². The Morgan fingerprint density at radius 1 is 1.04 bits per heavy atom. The molecule has 0 unspecified atom stereocenters. The lowest BCUT2D eigenvalue weighted by Gasteiger charge is -2.22. The Hall–Kier alpha value is -2.56. The van der Waals surface area contributed by atoms with Crippen molar-refractivity contribution in [3.63, 3.8) is 0 Å². The highest BCUT2D eigenvalue weighted by Crippen LogP contribution is 2.32. The van der Waals surface area contributed by atoms with Gasteiger partial charge in [0.05, 0.1) is 13.2 Å². The van der Waals surface area contributed by atoms with E-state index in [9.17, 15) is 9.18 Å². The van der Waals surface area contributed by atoms with E-state index in [-0.39, 0.29) is 17.8 Å². The fourth-order valence-electron chi connectivity index (χ4n) is 2.99. The number of benzene rings is 2. The van der Waals surface area contributed by atoms with Gasteiger partial charge in [-0.05, 0) is 79.8 Å². The molecule has 0 aliphatic heterocycles. The number of ether oxygens (including phenoxy) is 2. The molecule has 1 N–H and O–H groups in total. The zero-order chi connectivity index (χ0) is 20.1. The fourth-order valence-corrected chi connectivity index (χ4v) is 2.99. The van der Waals surface area contributed by atoms with Crippen molar-refractivity contribution < 1.29 is 18.7 Å². The van der Waals surface area contributed by atoms with Crippen LogP contribution in [0, 0.1) is 12.7 Å². The van der Waals surface area contributed by atoms with E-state index >= 15 is 0 Å². The Balaban J connectivity index is 2.11. The molecule has 2 aromatic rings. The molecule has 0 aromatic heterocycles. The number of rotatable bonds is 7. The molecule has 2 aromatic carbocycles. The number of nitrogens with one attached hydrogen (secondary N) is 1. The normalized spacial score (nSPS) is 13.2. The first-order chi connectivity index (χ1) is 12.7. The molecule has 2 rings (SSSR count). The average molecular weight is 373 g/mol. The summed E-state index contributed by atoms with van der Waals surface area (Å²) >= 11 is 0. The van der Waals surface area contributed by atoms with Crippen molar-refractivity contribution in [2.75, 3.05) is 7.11 Å². The number of aryl methyl sites for hydroxylation is 1. The van der Waals surface area contributed by atoms with Gasteiger partial charge in [-0.3, -0.25) is 4.79 Å². The monoisotopic (exact) mass is 373 g/mol. The SMILES string of the molecule is COc1cc(C)c([C@@H](C)NC(=O)[C@@H](C)Oc2ccc(F)cc2)cc1C(C)C. The predicted octanol–water partition coefficient (Wildman–Crippen LogP) is 4.91. The minimum absolute atomic E-state index is 0.180. The van der Waals surface area contributed by atoms with Crippen LogP contribution >= 0.6 is 0 Å². The molecular weight excluding hydrogens is 345 g/mol. The van der Waals surface area contributed by atoms with Crippen LogP contribution in [0.2, 0.25) is 0 Å². The summed E-state index contributed by atoms with van der Waals surface area (Å²) < 4.78 is 24.1. The summed E-state index contributed by atoms with van der Waals surface area (Å²) in [6.45, 7) is 9.84. The van der Waals surface area contributed by atoms with Gasteiger partial charge in [0.15, 0.2) is 6.10 Å². The van der Waals surface area contributed by atoms with Crippen LogP contribution in [-0.4, -0.2) is 19.1 Å². The van der Waals surface area contributed by atoms with Crippen molar-refractivity contribution >= 4 is 5.91 Å². The van der Waals surface area contributed by atoms with Crippen LogP contribution in [0.5, 0.6) is 11.5 Å². The Labute approximate surface area is 160 Å². The second-order valence-corrected chi connectivity index (χ2v) is 7.05. The first-order valence-electron chi connectivity index (χ1n) is 9.14. The van der Waals surface area contributed by atoms with Gasteiger partial charge in [0.2, 0.25) is 0 Å². The van der Waals surface area contributed by atoms with Crippen LogP contribution in [-0.2, 0) is 4.79 Å². The Morgan fingerprint density at radius 2 is 1.67 bits per heavy atom. The molecule has 0 bridgehead atoms. The van der Waals surface area contributed by atoms with Gasteiger partial charge >= 0.3 is 0 Å². The third-order valence-electron chi connectivity index (χ3n) is 4.56. The quantitative estimate of drug-likeness (QED) is 0.750. The highest BCUT2D eigenvalue weighted by Gasteiger charge is 2.20. The minimum atomic E-state index is -0.693. The van der Waals surface area contributed by atoms with Crippen LogP contribution in [0.4, 0.5) is 4.39 Å². The van der Waals surface area contributed by atoms with E-state index in [0.29, 0.717) is 11.7 Å². The van der Waals surface area contributed by atoms with Crippen molar-refractivity contribution in [2.24, 2.45) is 0 Å². The van der Waals surface area contributed by atoms with Gasteiger partial charge in [0.1, 0.15) is 17.3 Å². The van der Waals surface area contributed by atoms with E-state index in [1.54, 1.807) is 14.0 Å². The van der Waals surface area contributed by atoms with E-state index in [2.05, 4.69) is 25.2 Å². The second kappa shape index (κ2) is 8.89. The highest BCUT2D eigenvalue weighted by molar-refractivity contribution is 5.81. The number of halogens is 1. The summed E-state index contributed by atoms with van der Waals surface area (Å²) in [7, 11) is 1.67. The summed E-state index contributed by atoms with van der Waals surface area (Å²) in [5, 5.41) is 2.99. The second-order valence-electron chi connectivity index (χ2n) is 7.05. The number of amides is 1. The summed E-state index contributed by atoms with van der Waals surface area (Å²) in [6.07, 6.45) is -0.693. The van der Waals surface area contributed by atoms with Crippen LogP contribution < -0.4 is 14.8 Å². The Morgan fingerprint density at radius 3 is 2.22 bits per heavy atom. The molecule has 0 spiro atoms. The first-order valence-corrected chi connectivity index (χ1v) is 9.14. The molecule has 0 heterocycles. The van der Waals surface area contributed by atoms with E-state index < -0.39 is 6.10 Å². The Bertz CT molecular complexity index is 787. The fraction of sp³-hybridized carbons (Fsp3) is 0.409. The van der Waals surface area contributed by atoms with Gasteiger partial charge in [-0.1, -0.05) is 13.8 Å². The molecule has 0 radical (unpaired) electrons. The topological polar surface area (TPSA) is 47.6 Å². The van der Waals surface area contributed by atoms with Gasteiger partial charge in [0.25, 0.3) is 5.91 Å². The number of carbonyl (C=O) groups is 1. The minimum Gasteiger partial charge on any atom is -0.496 e. The van der Waals surface area contributed by atoms with Crippen molar-refractivity contribution in [3.05, 3.63) is 58.9 Å². The largest absolute Gasteiger partial charge is 0.496 e. The lowest BCUT2D eigenvalue weighted by Crippen LogP contribution is -2.38. The summed E-state index contributed by atoms with van der Waals surface area (Å²) in [6, 6.07) is 9.53. The maximum atomic E-state index is 13.0. The standard InChI is InChI=1S/C22H28FNO3/c1-13(2)19-12-20(14(3)11-21(19)26-6)15(4)24-22(25)16(5)27-18-9-7-17(23)8-10-18/h7-13,15-16H,1-6H3,(H,24,25)/t15-,16-/m1/s1. The number of methoxy groups -OCH3 is 1. The molecule has 2 atom stereocenters.